The van der Waals surface area contributed by atoms with Gasteiger partial charge in [0, 0.05) is 37.7 Å². The van der Waals surface area contributed by atoms with E-state index in [2.05, 4.69) is 31.0 Å². The molecule has 1 aliphatic carbocycles. The van der Waals surface area contributed by atoms with Crippen molar-refractivity contribution in [1.82, 2.24) is 10.2 Å². The summed E-state index contributed by atoms with van der Waals surface area (Å²) in [4.78, 5) is 2.68. The van der Waals surface area contributed by atoms with E-state index >= 15 is 0 Å². The monoisotopic (exact) mass is 282 g/mol. The van der Waals surface area contributed by atoms with Gasteiger partial charge in [-0.2, -0.15) is 0 Å². The minimum atomic E-state index is 0.336. The van der Waals surface area contributed by atoms with E-state index in [4.69, 9.17) is 4.74 Å². The van der Waals surface area contributed by atoms with E-state index in [1.54, 1.807) is 0 Å². The zero-order valence-corrected chi connectivity index (χ0v) is 13.8. The summed E-state index contributed by atoms with van der Waals surface area (Å²) in [7, 11) is 0. The second-order valence-corrected chi connectivity index (χ2v) is 7.32. The average Bonchev–Trinajstić information content (AvgIpc) is 2.40. The minimum Gasteiger partial charge on any atom is -0.381 e. The van der Waals surface area contributed by atoms with Crippen molar-refractivity contribution in [3.63, 3.8) is 0 Å². The zero-order valence-electron chi connectivity index (χ0n) is 13.8. The lowest BCUT2D eigenvalue weighted by molar-refractivity contribution is -0.0299. The predicted molar refractivity (Wildman–Crippen MR) is 85.1 cm³/mol. The van der Waals surface area contributed by atoms with Crippen LogP contribution in [0, 0.1) is 11.3 Å². The van der Waals surface area contributed by atoms with Crippen LogP contribution in [0.25, 0.3) is 0 Å². The molecule has 0 radical (unpaired) electrons. The maximum Gasteiger partial charge on any atom is 0.0546 e. The highest BCUT2D eigenvalue weighted by Gasteiger charge is 2.35. The summed E-state index contributed by atoms with van der Waals surface area (Å²) < 4.78 is 5.84. The fourth-order valence-electron chi connectivity index (χ4n) is 3.47. The molecule has 0 bridgehead atoms. The van der Waals surface area contributed by atoms with Crippen LogP contribution in [0.5, 0.6) is 0 Å². The van der Waals surface area contributed by atoms with Crippen molar-refractivity contribution in [2.75, 3.05) is 39.4 Å². The molecule has 0 amide bonds. The Morgan fingerprint density at radius 1 is 1.30 bits per heavy atom. The molecule has 2 fully saturated rings. The third kappa shape index (κ3) is 4.71. The van der Waals surface area contributed by atoms with E-state index in [0.29, 0.717) is 11.5 Å². The van der Waals surface area contributed by atoms with Gasteiger partial charge in [-0.3, -0.25) is 0 Å². The van der Waals surface area contributed by atoms with E-state index in [-0.39, 0.29) is 0 Å². The first-order chi connectivity index (χ1) is 9.63. The van der Waals surface area contributed by atoms with Crippen LogP contribution >= 0.6 is 0 Å². The van der Waals surface area contributed by atoms with E-state index in [1.165, 1.54) is 51.7 Å². The summed E-state index contributed by atoms with van der Waals surface area (Å²) in [5.74, 6) is 0.967. The molecule has 3 nitrogen and oxygen atoms in total. The van der Waals surface area contributed by atoms with Crippen molar-refractivity contribution in [3.8, 4) is 0 Å². The number of hydrogen-bond donors (Lipinski definition) is 1. The quantitative estimate of drug-likeness (QED) is 0.741. The molecule has 2 aliphatic rings. The van der Waals surface area contributed by atoms with E-state index < -0.39 is 0 Å². The molecule has 1 saturated carbocycles. The van der Waals surface area contributed by atoms with Gasteiger partial charge in [-0.05, 0) is 38.1 Å². The van der Waals surface area contributed by atoms with Gasteiger partial charge in [0.05, 0.1) is 6.61 Å². The van der Waals surface area contributed by atoms with Crippen molar-refractivity contribution >= 4 is 0 Å². The summed E-state index contributed by atoms with van der Waals surface area (Å²) in [5.41, 5.74) is 0.336. The average molecular weight is 282 g/mol. The molecule has 0 aromatic heterocycles. The third-order valence-corrected chi connectivity index (χ3v) is 5.04. The molecule has 20 heavy (non-hydrogen) atoms. The number of nitrogens with zero attached hydrogens (tertiary/aromatic N) is 1. The standard InChI is InChI=1S/C17H34N2O/c1-4-19(11-16-7-5-8-16)13-17(12-18-15(2)3)9-6-10-20-14-17/h15-16,18H,4-14H2,1-3H3. The Bertz CT molecular complexity index is 270. The van der Waals surface area contributed by atoms with Crippen LogP contribution in [0.2, 0.25) is 0 Å². The molecule has 1 N–H and O–H groups in total. The van der Waals surface area contributed by atoms with Gasteiger partial charge in [-0.25, -0.2) is 0 Å². The molecule has 0 aromatic carbocycles. The molecule has 3 heteroatoms. The van der Waals surface area contributed by atoms with Gasteiger partial charge < -0.3 is 15.0 Å². The summed E-state index contributed by atoms with van der Waals surface area (Å²) in [6, 6.07) is 0.565. The van der Waals surface area contributed by atoms with Gasteiger partial charge in [0.25, 0.3) is 0 Å². The van der Waals surface area contributed by atoms with Crippen molar-refractivity contribution in [2.24, 2.45) is 11.3 Å². The first kappa shape index (κ1) is 16.3. The highest BCUT2D eigenvalue weighted by atomic mass is 16.5. The molecule has 2 rings (SSSR count). The number of hydrogen-bond acceptors (Lipinski definition) is 3. The summed E-state index contributed by atoms with van der Waals surface area (Å²) in [6.45, 7) is 13.5. The number of rotatable bonds is 8. The Morgan fingerprint density at radius 2 is 2.10 bits per heavy atom. The normalized spacial score (nSPS) is 28.1. The predicted octanol–water partition coefficient (Wildman–Crippen LogP) is 2.90. The van der Waals surface area contributed by atoms with Crippen LogP contribution in [0.4, 0.5) is 0 Å². The Morgan fingerprint density at radius 3 is 2.60 bits per heavy atom. The number of ether oxygens (including phenoxy) is 1. The SMILES string of the molecule is CCN(CC1CCC1)CC1(CNC(C)C)CCCOC1. The lowest BCUT2D eigenvalue weighted by Crippen LogP contribution is -2.51. The molecule has 1 atom stereocenters. The second-order valence-electron chi connectivity index (χ2n) is 7.32. The molecule has 1 unspecified atom stereocenters. The molecule has 118 valence electrons. The van der Waals surface area contributed by atoms with Crippen LogP contribution in [0.1, 0.15) is 52.9 Å². The largest absolute Gasteiger partial charge is 0.381 e. The van der Waals surface area contributed by atoms with E-state index in [1.807, 2.05) is 0 Å². The highest BCUT2D eigenvalue weighted by Crippen LogP contribution is 2.32. The van der Waals surface area contributed by atoms with Crippen LogP contribution in [-0.4, -0.2) is 50.3 Å². The fraction of sp³-hybridized carbons (Fsp3) is 1.00. The van der Waals surface area contributed by atoms with Gasteiger partial charge in [0.2, 0.25) is 0 Å². The highest BCUT2D eigenvalue weighted by molar-refractivity contribution is 4.88. The molecule has 0 aromatic rings. The molecule has 1 aliphatic heterocycles. The van der Waals surface area contributed by atoms with Crippen molar-refractivity contribution < 1.29 is 4.74 Å². The van der Waals surface area contributed by atoms with Gasteiger partial charge in [0.1, 0.15) is 0 Å². The van der Waals surface area contributed by atoms with Crippen LogP contribution in [0.15, 0.2) is 0 Å². The fourth-order valence-corrected chi connectivity index (χ4v) is 3.47. The topological polar surface area (TPSA) is 24.5 Å². The van der Waals surface area contributed by atoms with Gasteiger partial charge >= 0.3 is 0 Å². The Labute approximate surface area is 125 Å². The lowest BCUT2D eigenvalue weighted by atomic mass is 9.80. The van der Waals surface area contributed by atoms with Crippen LogP contribution in [0.3, 0.4) is 0 Å². The zero-order chi connectivity index (χ0) is 14.4. The van der Waals surface area contributed by atoms with Gasteiger partial charge in [-0.1, -0.05) is 27.2 Å². The minimum absolute atomic E-state index is 0.336. The van der Waals surface area contributed by atoms with Crippen molar-refractivity contribution in [3.05, 3.63) is 0 Å². The molecule has 1 heterocycles. The Balaban J connectivity index is 1.89. The smallest absolute Gasteiger partial charge is 0.0546 e. The van der Waals surface area contributed by atoms with Gasteiger partial charge in [-0.15, -0.1) is 0 Å². The molecule has 0 spiro atoms. The maximum absolute atomic E-state index is 5.84. The second kappa shape index (κ2) is 7.77. The van der Waals surface area contributed by atoms with E-state index in [9.17, 15) is 0 Å². The first-order valence-corrected chi connectivity index (χ1v) is 8.67. The summed E-state index contributed by atoms with van der Waals surface area (Å²) in [5, 5.41) is 3.66. The van der Waals surface area contributed by atoms with Crippen molar-refractivity contribution in [2.45, 2.75) is 58.9 Å². The first-order valence-electron chi connectivity index (χ1n) is 8.67. The maximum atomic E-state index is 5.84. The van der Waals surface area contributed by atoms with Crippen molar-refractivity contribution in [1.29, 1.82) is 0 Å². The third-order valence-electron chi connectivity index (χ3n) is 5.04. The molecular formula is C17H34N2O. The van der Waals surface area contributed by atoms with Crippen LogP contribution in [-0.2, 0) is 4.74 Å². The summed E-state index contributed by atoms with van der Waals surface area (Å²) >= 11 is 0. The summed E-state index contributed by atoms with van der Waals surface area (Å²) in [6.07, 6.45) is 6.88. The lowest BCUT2D eigenvalue weighted by Gasteiger charge is -2.43. The van der Waals surface area contributed by atoms with Crippen LogP contribution < -0.4 is 5.32 Å². The molecular weight excluding hydrogens is 248 g/mol. The van der Waals surface area contributed by atoms with E-state index in [0.717, 1.165) is 25.7 Å². The Kier molecular flexibility index (Phi) is 6.31. The molecule has 1 saturated heterocycles. The number of nitrogens with one attached hydrogen (secondary N) is 1. The Hall–Kier alpha value is -0.120. The van der Waals surface area contributed by atoms with Gasteiger partial charge in [0.15, 0.2) is 0 Å².